The minimum atomic E-state index is -0.132. The Hall–Kier alpha value is -2.61. The van der Waals surface area contributed by atoms with E-state index in [1.165, 1.54) is 24.6 Å². The SMILES string of the molecule is CC(C)n1c(SCC(=O)Nc2ccnn2C2CCCC2)nc2ccccc2c1=O. The Balaban J connectivity index is 1.51. The molecule has 0 radical (unpaired) electrons. The molecule has 2 heterocycles. The van der Waals surface area contributed by atoms with Crippen LogP contribution in [-0.2, 0) is 4.79 Å². The quantitative estimate of drug-likeness (QED) is 0.489. The first kappa shape index (κ1) is 19.7. The highest BCUT2D eigenvalue weighted by Gasteiger charge is 2.21. The summed E-state index contributed by atoms with van der Waals surface area (Å²) >= 11 is 1.28. The van der Waals surface area contributed by atoms with Gasteiger partial charge in [-0.3, -0.25) is 14.2 Å². The highest BCUT2D eigenvalue weighted by molar-refractivity contribution is 7.99. The lowest BCUT2D eigenvalue weighted by Crippen LogP contribution is -2.26. The number of aromatic nitrogens is 4. The molecule has 2 aromatic heterocycles. The van der Waals surface area contributed by atoms with E-state index in [4.69, 9.17) is 0 Å². The van der Waals surface area contributed by atoms with Crippen LogP contribution in [0.3, 0.4) is 0 Å². The first-order valence-electron chi connectivity index (χ1n) is 10.0. The smallest absolute Gasteiger partial charge is 0.262 e. The van der Waals surface area contributed by atoms with E-state index in [-0.39, 0.29) is 23.3 Å². The van der Waals surface area contributed by atoms with Crippen LogP contribution >= 0.6 is 11.8 Å². The summed E-state index contributed by atoms with van der Waals surface area (Å²) in [5.41, 5.74) is 0.574. The first-order chi connectivity index (χ1) is 14.0. The zero-order valence-corrected chi connectivity index (χ0v) is 17.5. The Morgan fingerprint density at radius 1 is 1.24 bits per heavy atom. The van der Waals surface area contributed by atoms with E-state index >= 15 is 0 Å². The molecule has 1 aliphatic rings. The molecule has 1 saturated carbocycles. The summed E-state index contributed by atoms with van der Waals surface area (Å²) in [5.74, 6) is 0.774. The van der Waals surface area contributed by atoms with Gasteiger partial charge in [0, 0.05) is 12.1 Å². The van der Waals surface area contributed by atoms with Gasteiger partial charge in [-0.1, -0.05) is 36.7 Å². The summed E-state index contributed by atoms with van der Waals surface area (Å²) in [6, 6.07) is 9.46. The molecule has 8 heteroatoms. The number of amides is 1. The number of carbonyl (C=O) groups excluding carboxylic acids is 1. The maximum Gasteiger partial charge on any atom is 0.262 e. The van der Waals surface area contributed by atoms with Crippen LogP contribution in [0.1, 0.15) is 51.6 Å². The minimum Gasteiger partial charge on any atom is -0.310 e. The number of rotatable bonds is 6. The van der Waals surface area contributed by atoms with Gasteiger partial charge in [0.1, 0.15) is 5.82 Å². The van der Waals surface area contributed by atoms with Crippen LogP contribution < -0.4 is 10.9 Å². The van der Waals surface area contributed by atoms with Crippen LogP contribution in [0, 0.1) is 0 Å². The van der Waals surface area contributed by atoms with Crippen molar-refractivity contribution in [2.75, 3.05) is 11.1 Å². The molecule has 4 rings (SSSR count). The van der Waals surface area contributed by atoms with Gasteiger partial charge >= 0.3 is 0 Å². The second-order valence-corrected chi connectivity index (χ2v) is 8.56. The Morgan fingerprint density at radius 3 is 2.76 bits per heavy atom. The third-order valence-electron chi connectivity index (χ3n) is 5.23. The molecular formula is C21H25N5O2S. The lowest BCUT2D eigenvalue weighted by atomic mass is 10.2. The monoisotopic (exact) mass is 411 g/mol. The number of nitrogens with one attached hydrogen (secondary N) is 1. The molecular weight excluding hydrogens is 386 g/mol. The lowest BCUT2D eigenvalue weighted by molar-refractivity contribution is -0.113. The number of thioether (sulfide) groups is 1. The number of benzene rings is 1. The van der Waals surface area contributed by atoms with Crippen molar-refractivity contribution in [3.8, 4) is 0 Å². The molecule has 0 atom stereocenters. The standard InChI is InChI=1S/C21H25N5O2S/c1-14(2)25-20(28)16-9-5-6-10-17(16)23-21(25)29-13-19(27)24-18-11-12-22-26(18)15-7-3-4-8-15/h5-6,9-12,14-15H,3-4,7-8,13H2,1-2H3,(H,24,27). The van der Waals surface area contributed by atoms with Crippen molar-refractivity contribution in [3.63, 3.8) is 0 Å². The Morgan fingerprint density at radius 2 is 2.00 bits per heavy atom. The molecule has 3 aromatic rings. The van der Waals surface area contributed by atoms with Crippen molar-refractivity contribution in [3.05, 3.63) is 46.9 Å². The number of nitrogens with zero attached hydrogens (tertiary/aromatic N) is 4. The van der Waals surface area contributed by atoms with Gasteiger partial charge < -0.3 is 5.32 Å². The van der Waals surface area contributed by atoms with Crippen LogP contribution in [0.25, 0.3) is 10.9 Å². The highest BCUT2D eigenvalue weighted by atomic mass is 32.2. The van der Waals surface area contributed by atoms with Crippen molar-refractivity contribution < 1.29 is 4.79 Å². The molecule has 29 heavy (non-hydrogen) atoms. The zero-order valence-electron chi connectivity index (χ0n) is 16.7. The Kier molecular flexibility index (Phi) is 5.71. The largest absolute Gasteiger partial charge is 0.310 e. The molecule has 1 aromatic carbocycles. The summed E-state index contributed by atoms with van der Waals surface area (Å²) in [7, 11) is 0. The molecule has 152 valence electrons. The van der Waals surface area contributed by atoms with Gasteiger partial charge in [0.05, 0.1) is 28.9 Å². The fraction of sp³-hybridized carbons (Fsp3) is 0.429. The highest BCUT2D eigenvalue weighted by Crippen LogP contribution is 2.31. The fourth-order valence-electron chi connectivity index (χ4n) is 3.84. The average molecular weight is 412 g/mol. The summed E-state index contributed by atoms with van der Waals surface area (Å²) in [5, 5.41) is 8.51. The molecule has 1 amide bonds. The van der Waals surface area contributed by atoms with E-state index < -0.39 is 0 Å². The van der Waals surface area contributed by atoms with Crippen LogP contribution in [0.4, 0.5) is 5.82 Å². The van der Waals surface area contributed by atoms with Crippen LogP contribution in [-0.4, -0.2) is 31.0 Å². The number of hydrogen-bond acceptors (Lipinski definition) is 5. The van der Waals surface area contributed by atoms with Gasteiger partial charge in [-0.15, -0.1) is 0 Å². The second-order valence-electron chi connectivity index (χ2n) is 7.62. The van der Waals surface area contributed by atoms with E-state index in [1.807, 2.05) is 42.8 Å². The lowest BCUT2D eigenvalue weighted by Gasteiger charge is -2.16. The summed E-state index contributed by atoms with van der Waals surface area (Å²) in [4.78, 5) is 30.1. The summed E-state index contributed by atoms with van der Waals surface area (Å²) < 4.78 is 3.58. The van der Waals surface area contributed by atoms with E-state index in [1.54, 1.807) is 16.8 Å². The fourth-order valence-corrected chi connectivity index (χ4v) is 4.77. The van der Waals surface area contributed by atoms with Gasteiger partial charge in [-0.2, -0.15) is 5.10 Å². The maximum atomic E-state index is 12.9. The number of carbonyl (C=O) groups is 1. The zero-order chi connectivity index (χ0) is 20.4. The Labute approximate surface area is 173 Å². The minimum absolute atomic E-state index is 0.0473. The van der Waals surface area contributed by atoms with E-state index in [9.17, 15) is 9.59 Å². The van der Waals surface area contributed by atoms with Crippen LogP contribution in [0.5, 0.6) is 0 Å². The molecule has 1 N–H and O–H groups in total. The molecule has 0 unspecified atom stereocenters. The molecule has 1 aliphatic carbocycles. The van der Waals surface area contributed by atoms with Gasteiger partial charge in [-0.05, 0) is 38.8 Å². The van der Waals surface area contributed by atoms with E-state index in [0.29, 0.717) is 22.1 Å². The van der Waals surface area contributed by atoms with Crippen molar-refractivity contribution >= 4 is 34.4 Å². The predicted molar refractivity (Wildman–Crippen MR) is 115 cm³/mol. The molecule has 7 nitrogen and oxygen atoms in total. The van der Waals surface area contributed by atoms with Gasteiger partial charge in [0.2, 0.25) is 5.91 Å². The second kappa shape index (κ2) is 8.41. The van der Waals surface area contributed by atoms with E-state index in [2.05, 4.69) is 15.4 Å². The predicted octanol–water partition coefficient (Wildman–Crippen LogP) is 4.02. The van der Waals surface area contributed by atoms with Crippen molar-refractivity contribution in [1.29, 1.82) is 0 Å². The first-order valence-corrected chi connectivity index (χ1v) is 11.0. The normalized spacial score (nSPS) is 14.7. The number of anilines is 1. The van der Waals surface area contributed by atoms with Crippen molar-refractivity contribution in [2.45, 2.75) is 56.8 Å². The molecule has 0 spiro atoms. The third kappa shape index (κ3) is 4.07. The Bertz CT molecular complexity index is 1080. The summed E-state index contributed by atoms with van der Waals surface area (Å²) in [6.45, 7) is 3.89. The van der Waals surface area contributed by atoms with Crippen LogP contribution in [0.15, 0.2) is 46.5 Å². The molecule has 1 fully saturated rings. The average Bonchev–Trinajstić information content (AvgIpc) is 3.37. The van der Waals surface area contributed by atoms with Crippen molar-refractivity contribution in [2.24, 2.45) is 0 Å². The van der Waals surface area contributed by atoms with Gasteiger partial charge in [0.25, 0.3) is 5.56 Å². The van der Waals surface area contributed by atoms with Crippen LogP contribution in [0.2, 0.25) is 0 Å². The number of para-hydroxylation sites is 1. The third-order valence-corrected chi connectivity index (χ3v) is 6.19. The molecule has 0 aliphatic heterocycles. The van der Waals surface area contributed by atoms with E-state index in [0.717, 1.165) is 18.7 Å². The topological polar surface area (TPSA) is 81.8 Å². The number of fused-ring (bicyclic) bond motifs is 1. The van der Waals surface area contributed by atoms with Crippen molar-refractivity contribution in [1.82, 2.24) is 19.3 Å². The molecule has 0 bridgehead atoms. The number of hydrogen-bond donors (Lipinski definition) is 1. The summed E-state index contributed by atoms with van der Waals surface area (Å²) in [6.07, 6.45) is 6.33. The maximum absolute atomic E-state index is 12.9. The molecule has 0 saturated heterocycles. The van der Waals surface area contributed by atoms with Gasteiger partial charge in [-0.25, -0.2) is 9.67 Å². The van der Waals surface area contributed by atoms with Gasteiger partial charge in [0.15, 0.2) is 5.16 Å².